The molecule has 17 heavy (non-hydrogen) atoms. The fraction of sp³-hybridized carbons (Fsp3) is 0.231. The Bertz CT molecular complexity index is 526. The maximum absolute atomic E-state index is 5.54. The van der Waals surface area contributed by atoms with E-state index in [0.717, 1.165) is 22.6 Å². The molecule has 0 spiro atoms. The summed E-state index contributed by atoms with van der Waals surface area (Å²) in [5, 5.41) is 0. The zero-order valence-electron chi connectivity index (χ0n) is 9.97. The summed E-state index contributed by atoms with van der Waals surface area (Å²) in [5.41, 5.74) is 8.47. The maximum Gasteiger partial charge on any atom is 0.142 e. The summed E-state index contributed by atoms with van der Waals surface area (Å²) in [6.07, 6.45) is 1.71. The highest BCUT2D eigenvalue weighted by atomic mass is 16.5. The van der Waals surface area contributed by atoms with Crippen LogP contribution in [-0.4, -0.2) is 17.1 Å². The van der Waals surface area contributed by atoms with Crippen LogP contribution in [0.4, 0.5) is 0 Å². The molecule has 0 aliphatic rings. The number of methoxy groups -OCH3 is 1. The Morgan fingerprint density at radius 1 is 1.29 bits per heavy atom. The summed E-state index contributed by atoms with van der Waals surface area (Å²) < 4.78 is 5.36. The molecule has 0 atom stereocenters. The van der Waals surface area contributed by atoms with Crippen LogP contribution < -0.4 is 10.5 Å². The molecule has 0 saturated carbocycles. The van der Waals surface area contributed by atoms with Crippen LogP contribution in [0.2, 0.25) is 0 Å². The number of nitrogens with zero attached hydrogens (tertiary/aromatic N) is 2. The van der Waals surface area contributed by atoms with Gasteiger partial charge in [-0.25, -0.2) is 9.97 Å². The number of aromatic nitrogens is 2. The largest absolute Gasteiger partial charge is 0.496 e. The molecule has 0 amide bonds. The third-order valence-electron chi connectivity index (χ3n) is 2.52. The van der Waals surface area contributed by atoms with E-state index in [2.05, 4.69) is 9.97 Å². The average molecular weight is 229 g/mol. The van der Waals surface area contributed by atoms with E-state index in [9.17, 15) is 0 Å². The number of benzene rings is 1. The van der Waals surface area contributed by atoms with E-state index in [1.165, 1.54) is 0 Å². The molecule has 0 saturated heterocycles. The van der Waals surface area contributed by atoms with E-state index in [-0.39, 0.29) is 0 Å². The van der Waals surface area contributed by atoms with Crippen molar-refractivity contribution >= 4 is 0 Å². The number of ether oxygens (including phenoxy) is 1. The quantitative estimate of drug-likeness (QED) is 0.873. The molecule has 0 bridgehead atoms. The van der Waals surface area contributed by atoms with Gasteiger partial charge in [-0.3, -0.25) is 0 Å². The Labute approximate surface area is 100 Å². The van der Waals surface area contributed by atoms with Crippen LogP contribution in [0.1, 0.15) is 11.4 Å². The number of aryl methyl sites for hydroxylation is 1. The Kier molecular flexibility index (Phi) is 3.35. The minimum atomic E-state index is 0.335. The highest BCUT2D eigenvalue weighted by Gasteiger charge is 2.07. The second-order valence-corrected chi connectivity index (χ2v) is 3.77. The normalized spacial score (nSPS) is 10.3. The molecule has 2 rings (SSSR count). The van der Waals surface area contributed by atoms with Crippen molar-refractivity contribution in [3.05, 3.63) is 41.9 Å². The van der Waals surface area contributed by atoms with Gasteiger partial charge >= 0.3 is 0 Å². The molecule has 1 heterocycles. The van der Waals surface area contributed by atoms with Gasteiger partial charge in [0.2, 0.25) is 0 Å². The predicted molar refractivity (Wildman–Crippen MR) is 66.6 cm³/mol. The van der Waals surface area contributed by atoms with E-state index in [0.29, 0.717) is 12.4 Å². The van der Waals surface area contributed by atoms with Crippen LogP contribution in [-0.2, 0) is 6.54 Å². The van der Waals surface area contributed by atoms with Gasteiger partial charge in [0.25, 0.3) is 0 Å². The lowest BCUT2D eigenvalue weighted by molar-refractivity contribution is 0.416. The smallest absolute Gasteiger partial charge is 0.142 e. The van der Waals surface area contributed by atoms with Crippen molar-refractivity contribution in [2.75, 3.05) is 7.11 Å². The van der Waals surface area contributed by atoms with Crippen molar-refractivity contribution in [2.45, 2.75) is 13.5 Å². The Hall–Kier alpha value is -1.94. The van der Waals surface area contributed by atoms with Crippen molar-refractivity contribution in [1.82, 2.24) is 9.97 Å². The first-order valence-electron chi connectivity index (χ1n) is 5.41. The van der Waals surface area contributed by atoms with Crippen LogP contribution in [0, 0.1) is 6.92 Å². The Morgan fingerprint density at radius 3 is 2.82 bits per heavy atom. The molecule has 1 aromatic heterocycles. The highest BCUT2D eigenvalue weighted by molar-refractivity contribution is 5.67. The van der Waals surface area contributed by atoms with Crippen LogP contribution in [0.5, 0.6) is 5.75 Å². The number of nitrogens with two attached hydrogens (primary N) is 1. The second-order valence-electron chi connectivity index (χ2n) is 3.77. The molecule has 88 valence electrons. The van der Waals surface area contributed by atoms with Gasteiger partial charge in [-0.05, 0) is 30.7 Å². The second kappa shape index (κ2) is 4.93. The fourth-order valence-electron chi connectivity index (χ4n) is 1.66. The lowest BCUT2D eigenvalue weighted by Crippen LogP contribution is -2.03. The van der Waals surface area contributed by atoms with E-state index in [1.54, 1.807) is 13.3 Å². The van der Waals surface area contributed by atoms with Gasteiger partial charge in [-0.2, -0.15) is 0 Å². The molecule has 0 radical (unpaired) electrons. The minimum Gasteiger partial charge on any atom is -0.496 e. The summed E-state index contributed by atoms with van der Waals surface area (Å²) in [6, 6.07) is 7.87. The van der Waals surface area contributed by atoms with Gasteiger partial charge < -0.3 is 10.5 Å². The first kappa shape index (κ1) is 11.5. The third-order valence-corrected chi connectivity index (χ3v) is 2.52. The Balaban J connectivity index is 2.51. The van der Waals surface area contributed by atoms with E-state index in [1.807, 2.05) is 31.2 Å². The Morgan fingerprint density at radius 2 is 2.12 bits per heavy atom. The van der Waals surface area contributed by atoms with Crippen molar-refractivity contribution in [3.63, 3.8) is 0 Å². The summed E-state index contributed by atoms with van der Waals surface area (Å²) in [4.78, 5) is 8.46. The molecule has 0 unspecified atom stereocenters. The number of hydrogen-bond acceptors (Lipinski definition) is 4. The van der Waals surface area contributed by atoms with E-state index in [4.69, 9.17) is 10.5 Å². The van der Waals surface area contributed by atoms with E-state index >= 15 is 0 Å². The van der Waals surface area contributed by atoms with Crippen LogP contribution >= 0.6 is 0 Å². The van der Waals surface area contributed by atoms with Crippen molar-refractivity contribution < 1.29 is 4.74 Å². The molecular weight excluding hydrogens is 214 g/mol. The fourth-order valence-corrected chi connectivity index (χ4v) is 1.66. The van der Waals surface area contributed by atoms with Gasteiger partial charge in [0.05, 0.1) is 19.3 Å². The van der Waals surface area contributed by atoms with Crippen LogP contribution in [0.15, 0.2) is 30.5 Å². The SMILES string of the molecule is COc1cc(C)ccc1-c1ccnc(CN)n1. The molecule has 4 heteroatoms. The first-order chi connectivity index (χ1) is 8.24. The predicted octanol–water partition coefficient (Wildman–Crippen LogP) is 1.92. The van der Waals surface area contributed by atoms with Crippen LogP contribution in [0.25, 0.3) is 11.3 Å². The summed E-state index contributed by atoms with van der Waals surface area (Å²) in [7, 11) is 1.66. The first-order valence-corrected chi connectivity index (χ1v) is 5.41. The molecule has 0 fully saturated rings. The van der Waals surface area contributed by atoms with Gasteiger partial charge in [-0.1, -0.05) is 6.07 Å². The van der Waals surface area contributed by atoms with Crippen molar-refractivity contribution in [3.8, 4) is 17.0 Å². The van der Waals surface area contributed by atoms with Gasteiger partial charge in [0.1, 0.15) is 11.6 Å². The van der Waals surface area contributed by atoms with Gasteiger partial charge in [0, 0.05) is 11.8 Å². The molecule has 1 aromatic carbocycles. The standard InChI is InChI=1S/C13H15N3O/c1-9-3-4-10(12(7-9)17-2)11-5-6-15-13(8-14)16-11/h3-7H,8,14H2,1-2H3. The zero-order chi connectivity index (χ0) is 12.3. The minimum absolute atomic E-state index is 0.335. The lowest BCUT2D eigenvalue weighted by Gasteiger charge is -2.09. The van der Waals surface area contributed by atoms with Crippen molar-refractivity contribution in [1.29, 1.82) is 0 Å². The monoisotopic (exact) mass is 229 g/mol. The average Bonchev–Trinajstić information content (AvgIpc) is 2.38. The highest BCUT2D eigenvalue weighted by Crippen LogP contribution is 2.29. The van der Waals surface area contributed by atoms with E-state index < -0.39 is 0 Å². The molecule has 0 aliphatic heterocycles. The van der Waals surface area contributed by atoms with Gasteiger partial charge in [-0.15, -0.1) is 0 Å². The maximum atomic E-state index is 5.54. The van der Waals surface area contributed by atoms with Gasteiger partial charge in [0.15, 0.2) is 0 Å². The molecule has 4 nitrogen and oxygen atoms in total. The molecular formula is C13H15N3O. The van der Waals surface area contributed by atoms with Crippen LogP contribution in [0.3, 0.4) is 0 Å². The molecule has 0 aliphatic carbocycles. The zero-order valence-corrected chi connectivity index (χ0v) is 9.97. The summed E-state index contributed by atoms with van der Waals surface area (Å²) in [6.45, 7) is 2.36. The third kappa shape index (κ3) is 2.42. The summed E-state index contributed by atoms with van der Waals surface area (Å²) in [5.74, 6) is 1.44. The number of rotatable bonds is 3. The number of hydrogen-bond donors (Lipinski definition) is 1. The lowest BCUT2D eigenvalue weighted by atomic mass is 10.1. The molecule has 2 N–H and O–H groups in total. The topological polar surface area (TPSA) is 61.0 Å². The molecule has 2 aromatic rings. The van der Waals surface area contributed by atoms with Crippen molar-refractivity contribution in [2.24, 2.45) is 5.73 Å². The summed E-state index contributed by atoms with van der Waals surface area (Å²) >= 11 is 0.